The summed E-state index contributed by atoms with van der Waals surface area (Å²) < 4.78 is 1.18. The molecule has 0 saturated heterocycles. The largest absolute Gasteiger partial charge is 0.355 e. The van der Waals surface area contributed by atoms with E-state index in [9.17, 15) is 14.4 Å². The number of halogens is 2. The van der Waals surface area contributed by atoms with E-state index in [1.165, 1.54) is 30.1 Å². The summed E-state index contributed by atoms with van der Waals surface area (Å²) >= 11 is 12.4. The van der Waals surface area contributed by atoms with Gasteiger partial charge in [0.1, 0.15) is 5.69 Å². The van der Waals surface area contributed by atoms with E-state index in [0.29, 0.717) is 16.3 Å². The fraction of sp³-hybridized carbons (Fsp3) is 0.0800. The molecule has 9 nitrogen and oxygen atoms in total. The summed E-state index contributed by atoms with van der Waals surface area (Å²) in [6, 6.07) is 16.4. The van der Waals surface area contributed by atoms with Crippen LogP contribution < -0.4 is 16.0 Å². The number of aryl methyl sites for hydroxylation is 1. The number of nitrogens with one attached hydrogen (secondary N) is 3. The number of nitrogens with zero attached hydrogens (tertiary/aromatic N) is 3. The maximum Gasteiger partial charge on any atom is 0.276 e. The van der Waals surface area contributed by atoms with E-state index in [4.69, 9.17) is 23.2 Å². The molecule has 4 rings (SSSR count). The average molecular weight is 523 g/mol. The Kier molecular flexibility index (Phi) is 7.33. The summed E-state index contributed by atoms with van der Waals surface area (Å²) in [5, 5.41) is 12.9. The van der Waals surface area contributed by atoms with Gasteiger partial charge in [0.05, 0.1) is 16.3 Å². The molecule has 0 radical (unpaired) electrons. The van der Waals surface area contributed by atoms with Crippen LogP contribution in [0.1, 0.15) is 36.9 Å². The van der Waals surface area contributed by atoms with Gasteiger partial charge in [0.25, 0.3) is 17.7 Å². The molecular weight excluding hydrogens is 503 g/mol. The standard InChI is InChI=1S/C25H20Cl2N6O3/c1-14-11-15(26)12-17(23(34)28-2)21(14)31-25(36)20-13-19(24(35)30-16-7-4-3-5-8-16)32-33(20)22-18(27)9-6-10-29-22/h3-13H,1-2H3,(H,28,34)(H,30,35)(H,31,36). The summed E-state index contributed by atoms with van der Waals surface area (Å²) in [6.07, 6.45) is 1.49. The molecule has 11 heteroatoms. The van der Waals surface area contributed by atoms with Crippen molar-refractivity contribution in [3.05, 3.63) is 99.4 Å². The van der Waals surface area contributed by atoms with E-state index in [1.807, 2.05) is 6.07 Å². The monoisotopic (exact) mass is 522 g/mol. The van der Waals surface area contributed by atoms with E-state index < -0.39 is 17.7 Å². The minimum Gasteiger partial charge on any atom is -0.355 e. The molecule has 0 saturated carbocycles. The zero-order valence-corrected chi connectivity index (χ0v) is 20.7. The predicted octanol–water partition coefficient (Wildman–Crippen LogP) is 4.75. The lowest BCUT2D eigenvalue weighted by Gasteiger charge is -2.14. The van der Waals surface area contributed by atoms with Crippen LogP contribution in [-0.2, 0) is 0 Å². The number of anilines is 2. The molecular formula is C25H20Cl2N6O3. The van der Waals surface area contributed by atoms with Gasteiger partial charge < -0.3 is 16.0 Å². The number of aromatic nitrogens is 3. The fourth-order valence-corrected chi connectivity index (χ4v) is 3.94. The van der Waals surface area contributed by atoms with E-state index >= 15 is 0 Å². The number of carbonyl (C=O) groups is 3. The summed E-state index contributed by atoms with van der Waals surface area (Å²) in [5.74, 6) is -1.45. The summed E-state index contributed by atoms with van der Waals surface area (Å²) in [4.78, 5) is 43.0. The van der Waals surface area contributed by atoms with Crippen LogP contribution >= 0.6 is 23.2 Å². The fourth-order valence-electron chi connectivity index (χ4n) is 3.47. The van der Waals surface area contributed by atoms with Crippen LogP contribution in [0.5, 0.6) is 0 Å². The molecule has 2 aromatic carbocycles. The van der Waals surface area contributed by atoms with Crippen LogP contribution in [0, 0.1) is 6.92 Å². The molecule has 3 amide bonds. The minimum atomic E-state index is -0.640. The van der Waals surface area contributed by atoms with E-state index in [0.717, 1.165) is 0 Å². The van der Waals surface area contributed by atoms with E-state index in [1.54, 1.807) is 49.4 Å². The van der Waals surface area contributed by atoms with Gasteiger partial charge in [-0.1, -0.05) is 41.4 Å². The van der Waals surface area contributed by atoms with Gasteiger partial charge in [-0.05, 0) is 48.9 Å². The Morgan fingerprint density at radius 3 is 2.33 bits per heavy atom. The van der Waals surface area contributed by atoms with Crippen LogP contribution in [0.25, 0.3) is 5.82 Å². The Hall–Kier alpha value is -4.21. The van der Waals surface area contributed by atoms with Gasteiger partial charge in [-0.25, -0.2) is 9.67 Å². The van der Waals surface area contributed by atoms with E-state index in [-0.39, 0.29) is 33.5 Å². The smallest absolute Gasteiger partial charge is 0.276 e. The van der Waals surface area contributed by atoms with Crippen molar-refractivity contribution in [3.63, 3.8) is 0 Å². The Balaban J connectivity index is 1.76. The summed E-state index contributed by atoms with van der Waals surface area (Å²) in [7, 11) is 1.47. The Labute approximate surface area is 216 Å². The van der Waals surface area contributed by atoms with Crippen LogP contribution in [0.15, 0.2) is 66.9 Å². The molecule has 0 unspecified atom stereocenters. The first-order valence-electron chi connectivity index (χ1n) is 10.7. The predicted molar refractivity (Wildman–Crippen MR) is 138 cm³/mol. The number of pyridine rings is 1. The Bertz CT molecular complexity index is 1470. The first-order valence-corrected chi connectivity index (χ1v) is 11.4. The van der Waals surface area contributed by atoms with Gasteiger partial charge in [-0.2, -0.15) is 5.10 Å². The Morgan fingerprint density at radius 2 is 1.64 bits per heavy atom. The highest BCUT2D eigenvalue weighted by molar-refractivity contribution is 6.32. The molecule has 0 bridgehead atoms. The Morgan fingerprint density at radius 1 is 0.889 bits per heavy atom. The number of rotatable bonds is 6. The van der Waals surface area contributed by atoms with Crippen molar-refractivity contribution in [2.45, 2.75) is 6.92 Å². The van der Waals surface area contributed by atoms with E-state index in [2.05, 4.69) is 26.0 Å². The lowest BCUT2D eigenvalue weighted by atomic mass is 10.1. The van der Waals surface area contributed by atoms with Gasteiger partial charge in [-0.15, -0.1) is 0 Å². The molecule has 4 aromatic rings. The quantitative estimate of drug-likeness (QED) is 0.337. The zero-order valence-electron chi connectivity index (χ0n) is 19.2. The van der Waals surface area contributed by atoms with Crippen LogP contribution in [0.3, 0.4) is 0 Å². The number of carbonyl (C=O) groups excluding carboxylic acids is 3. The number of hydrogen-bond donors (Lipinski definition) is 3. The minimum absolute atomic E-state index is 0.0222. The lowest BCUT2D eigenvalue weighted by Crippen LogP contribution is -2.23. The zero-order chi connectivity index (χ0) is 25.8. The molecule has 0 aliphatic heterocycles. The first kappa shape index (κ1) is 24.9. The van der Waals surface area contributed by atoms with Crippen molar-refractivity contribution in [2.24, 2.45) is 0 Å². The second kappa shape index (κ2) is 10.6. The molecule has 0 spiro atoms. The van der Waals surface area contributed by atoms with Gasteiger partial charge in [-0.3, -0.25) is 14.4 Å². The maximum absolute atomic E-state index is 13.5. The maximum atomic E-state index is 13.5. The molecule has 36 heavy (non-hydrogen) atoms. The van der Waals surface area contributed by atoms with Gasteiger partial charge in [0.15, 0.2) is 11.5 Å². The topological polar surface area (TPSA) is 118 Å². The number of hydrogen-bond acceptors (Lipinski definition) is 5. The number of amides is 3. The summed E-state index contributed by atoms with van der Waals surface area (Å²) in [6.45, 7) is 1.71. The highest BCUT2D eigenvalue weighted by atomic mass is 35.5. The molecule has 2 aromatic heterocycles. The van der Waals surface area contributed by atoms with Gasteiger partial charge >= 0.3 is 0 Å². The normalized spacial score (nSPS) is 10.6. The third-order valence-electron chi connectivity index (χ3n) is 5.16. The number of para-hydroxylation sites is 1. The average Bonchev–Trinajstić information content (AvgIpc) is 3.31. The molecule has 2 heterocycles. The molecule has 0 atom stereocenters. The van der Waals surface area contributed by atoms with Crippen molar-refractivity contribution < 1.29 is 14.4 Å². The lowest BCUT2D eigenvalue weighted by molar-refractivity contribution is 0.0962. The third-order valence-corrected chi connectivity index (χ3v) is 5.67. The van der Waals surface area contributed by atoms with Crippen LogP contribution in [0.4, 0.5) is 11.4 Å². The van der Waals surface area contributed by atoms with Crippen LogP contribution in [0.2, 0.25) is 10.0 Å². The molecule has 0 aliphatic rings. The molecule has 0 aliphatic carbocycles. The SMILES string of the molecule is CNC(=O)c1cc(Cl)cc(C)c1NC(=O)c1cc(C(=O)Nc2ccccc2)nn1-c1ncccc1Cl. The molecule has 0 fully saturated rings. The van der Waals surface area contributed by atoms with Crippen molar-refractivity contribution >= 4 is 52.3 Å². The second-order valence-electron chi connectivity index (χ2n) is 7.63. The van der Waals surface area contributed by atoms with Crippen LogP contribution in [-0.4, -0.2) is 39.5 Å². The summed E-state index contributed by atoms with van der Waals surface area (Å²) in [5.41, 5.74) is 1.51. The number of benzene rings is 2. The molecule has 3 N–H and O–H groups in total. The highest BCUT2D eigenvalue weighted by Gasteiger charge is 2.24. The van der Waals surface area contributed by atoms with Crippen molar-refractivity contribution in [3.8, 4) is 5.82 Å². The van der Waals surface area contributed by atoms with Crippen molar-refractivity contribution in [2.75, 3.05) is 17.7 Å². The molecule has 182 valence electrons. The van der Waals surface area contributed by atoms with Crippen molar-refractivity contribution in [1.29, 1.82) is 0 Å². The second-order valence-corrected chi connectivity index (χ2v) is 8.48. The van der Waals surface area contributed by atoms with Gasteiger partial charge in [0.2, 0.25) is 0 Å². The van der Waals surface area contributed by atoms with Gasteiger partial charge in [0, 0.05) is 30.0 Å². The third kappa shape index (κ3) is 5.22. The first-order chi connectivity index (χ1) is 17.3. The van der Waals surface area contributed by atoms with Crippen molar-refractivity contribution in [1.82, 2.24) is 20.1 Å². The highest BCUT2D eigenvalue weighted by Crippen LogP contribution is 2.27.